The number of rotatable bonds is 6. The number of carbonyl (C=O) groups is 1. The molecule has 4 aromatic heterocycles. The van der Waals surface area contributed by atoms with Crippen LogP contribution < -0.4 is 4.74 Å². The van der Waals surface area contributed by atoms with Crippen molar-refractivity contribution in [2.45, 2.75) is 65.2 Å². The molecule has 0 radical (unpaired) electrons. The number of amides is 1. The Kier molecular flexibility index (Phi) is 7.82. The van der Waals surface area contributed by atoms with Crippen molar-refractivity contribution in [1.82, 2.24) is 33.7 Å². The topological polar surface area (TPSA) is 123 Å². The number of fused-ring (bicyclic) bond motifs is 1. The van der Waals surface area contributed by atoms with Gasteiger partial charge in [-0.05, 0) is 71.1 Å². The normalized spacial score (nSPS) is 14.9. The Hall–Kier alpha value is -4.76. The van der Waals surface area contributed by atoms with Crippen molar-refractivity contribution >= 4 is 23.3 Å². The van der Waals surface area contributed by atoms with Gasteiger partial charge in [-0.2, -0.15) is 9.64 Å². The van der Waals surface area contributed by atoms with Crippen LogP contribution in [0.15, 0.2) is 54.0 Å². The molecule has 44 heavy (non-hydrogen) atoms. The highest BCUT2D eigenvalue weighted by atomic mass is 32.1. The van der Waals surface area contributed by atoms with Gasteiger partial charge in [0, 0.05) is 41.2 Å². The van der Waals surface area contributed by atoms with Crippen molar-refractivity contribution < 1.29 is 14.3 Å². The summed E-state index contributed by atoms with van der Waals surface area (Å²) in [5, 5.41) is 20.9. The number of pyridine rings is 1. The van der Waals surface area contributed by atoms with Crippen molar-refractivity contribution in [3.05, 3.63) is 71.0 Å². The van der Waals surface area contributed by atoms with Gasteiger partial charge in [0.2, 0.25) is 5.88 Å². The first-order chi connectivity index (χ1) is 21.1. The largest absolute Gasteiger partial charge is 0.471 e. The van der Waals surface area contributed by atoms with E-state index in [4.69, 9.17) is 9.47 Å². The Morgan fingerprint density at radius 2 is 1.93 bits per heavy atom. The van der Waals surface area contributed by atoms with Gasteiger partial charge in [-0.1, -0.05) is 29.5 Å². The molecule has 11 nitrogen and oxygen atoms in total. The van der Waals surface area contributed by atoms with Crippen molar-refractivity contribution in [3.8, 4) is 34.5 Å². The van der Waals surface area contributed by atoms with Crippen LogP contribution in [0.3, 0.4) is 0 Å². The van der Waals surface area contributed by atoms with Gasteiger partial charge < -0.3 is 14.4 Å². The second-order valence-electron chi connectivity index (χ2n) is 11.9. The van der Waals surface area contributed by atoms with Crippen LogP contribution in [0.4, 0.5) is 4.79 Å². The minimum absolute atomic E-state index is 0.105. The van der Waals surface area contributed by atoms with Crippen LogP contribution in [0.5, 0.6) is 5.88 Å². The van der Waals surface area contributed by atoms with Gasteiger partial charge in [0.1, 0.15) is 34.8 Å². The highest BCUT2D eigenvalue weighted by molar-refractivity contribution is 7.03. The van der Waals surface area contributed by atoms with Crippen molar-refractivity contribution in [1.29, 1.82) is 5.26 Å². The van der Waals surface area contributed by atoms with E-state index in [-0.39, 0.29) is 18.2 Å². The van der Waals surface area contributed by atoms with Crippen molar-refractivity contribution in [2.75, 3.05) is 13.1 Å². The fourth-order valence-electron chi connectivity index (χ4n) is 5.63. The summed E-state index contributed by atoms with van der Waals surface area (Å²) in [6.07, 6.45) is 2.40. The summed E-state index contributed by atoms with van der Waals surface area (Å²) < 4.78 is 20.3. The number of hydrogen-bond acceptors (Lipinski definition) is 9. The van der Waals surface area contributed by atoms with E-state index in [1.54, 1.807) is 15.5 Å². The zero-order chi connectivity index (χ0) is 31.0. The summed E-state index contributed by atoms with van der Waals surface area (Å²) in [4.78, 5) is 18.8. The van der Waals surface area contributed by atoms with E-state index in [1.807, 2.05) is 87.1 Å². The van der Waals surface area contributed by atoms with Crippen LogP contribution >= 0.6 is 11.5 Å². The lowest BCUT2D eigenvalue weighted by atomic mass is 10.0. The quantitative estimate of drug-likeness (QED) is 0.210. The molecule has 0 spiro atoms. The first-order valence-electron chi connectivity index (χ1n) is 14.6. The van der Waals surface area contributed by atoms with Crippen molar-refractivity contribution in [2.24, 2.45) is 0 Å². The number of nitriles is 1. The summed E-state index contributed by atoms with van der Waals surface area (Å²) >= 11 is 1.41. The number of hydrogen-bond donors (Lipinski definition) is 0. The maximum Gasteiger partial charge on any atom is 0.410 e. The monoisotopic (exact) mass is 610 g/mol. The molecule has 1 atom stereocenters. The third-order valence-corrected chi connectivity index (χ3v) is 8.32. The summed E-state index contributed by atoms with van der Waals surface area (Å²) in [5.74, 6) is 0.478. The molecule has 12 heteroatoms. The highest BCUT2D eigenvalue weighted by Gasteiger charge is 2.29. The van der Waals surface area contributed by atoms with Gasteiger partial charge >= 0.3 is 6.09 Å². The number of carbonyl (C=O) groups excluding carboxylic acids is 1. The average Bonchev–Trinajstić information content (AvgIpc) is 3.76. The van der Waals surface area contributed by atoms with E-state index in [1.165, 1.54) is 11.5 Å². The Labute approximate surface area is 259 Å². The molecule has 0 saturated carbocycles. The van der Waals surface area contributed by atoms with Crippen LogP contribution in [0.25, 0.3) is 28.2 Å². The third kappa shape index (κ3) is 5.75. The standard InChI is InChI=1S/C32H34N8O3S/c1-20-30(35-37-40(20)23-10-13-38(14-11-23)31(41)43-32(3,4)5)22-16-28-34-19-24(18-33)39(28)29(17-22)42-21(2)25-8-6-7-9-26(25)27-12-15-44-36-27/h6-9,12,15-17,19,21,23H,10-11,13-14H2,1-5H3. The molecular weight excluding hydrogens is 576 g/mol. The van der Waals surface area contributed by atoms with Gasteiger partial charge in [0.15, 0.2) is 0 Å². The smallest absolute Gasteiger partial charge is 0.410 e. The van der Waals surface area contributed by atoms with Crippen LogP contribution in [-0.4, -0.2) is 58.4 Å². The maximum atomic E-state index is 12.5. The molecule has 1 saturated heterocycles. The zero-order valence-electron chi connectivity index (χ0n) is 25.4. The summed E-state index contributed by atoms with van der Waals surface area (Å²) in [5.41, 5.74) is 5.70. The molecule has 5 heterocycles. The summed E-state index contributed by atoms with van der Waals surface area (Å²) in [7, 11) is 0. The predicted octanol–water partition coefficient (Wildman–Crippen LogP) is 6.61. The van der Waals surface area contributed by atoms with E-state index >= 15 is 0 Å². The summed E-state index contributed by atoms with van der Waals surface area (Å²) in [6, 6.07) is 16.1. The highest BCUT2D eigenvalue weighted by Crippen LogP contribution is 2.35. The van der Waals surface area contributed by atoms with E-state index < -0.39 is 5.60 Å². The minimum Gasteiger partial charge on any atom is -0.471 e. The SMILES string of the molecule is Cc1c(-c2cc(OC(C)c3ccccc3-c3ccsn3)n3c(C#N)cnc3c2)nnn1C1CCN(C(=O)OC(C)(C)C)CC1. The molecule has 1 aliphatic rings. The lowest BCUT2D eigenvalue weighted by Crippen LogP contribution is -2.42. The Balaban J connectivity index is 1.29. The Bertz CT molecular complexity index is 1840. The average molecular weight is 611 g/mol. The molecule has 1 fully saturated rings. The molecule has 1 aliphatic heterocycles. The molecule has 0 N–H and O–H groups in total. The molecule has 226 valence electrons. The number of likely N-dealkylation sites (tertiary alicyclic amines) is 1. The zero-order valence-corrected chi connectivity index (χ0v) is 26.2. The van der Waals surface area contributed by atoms with Gasteiger partial charge in [-0.15, -0.1) is 5.10 Å². The van der Waals surface area contributed by atoms with E-state index in [2.05, 4.69) is 25.7 Å². The number of nitrogens with zero attached hydrogens (tertiary/aromatic N) is 8. The fraction of sp³-hybridized carbons (Fsp3) is 0.375. The lowest BCUT2D eigenvalue weighted by molar-refractivity contribution is 0.0183. The second-order valence-corrected chi connectivity index (χ2v) is 12.6. The number of imidazole rings is 1. The number of aromatic nitrogens is 6. The molecule has 0 bridgehead atoms. The van der Waals surface area contributed by atoms with E-state index in [9.17, 15) is 10.1 Å². The molecule has 6 rings (SSSR count). The van der Waals surface area contributed by atoms with Crippen LogP contribution in [-0.2, 0) is 4.74 Å². The van der Waals surface area contributed by atoms with Crippen LogP contribution in [0.2, 0.25) is 0 Å². The fourth-order valence-corrected chi connectivity index (χ4v) is 6.16. The number of piperidine rings is 1. The first-order valence-corrected chi connectivity index (χ1v) is 15.4. The molecule has 1 unspecified atom stereocenters. The van der Waals surface area contributed by atoms with E-state index in [0.717, 1.165) is 40.9 Å². The lowest BCUT2D eigenvalue weighted by Gasteiger charge is -2.33. The molecule has 0 aliphatic carbocycles. The summed E-state index contributed by atoms with van der Waals surface area (Å²) in [6.45, 7) is 10.8. The second kappa shape index (κ2) is 11.7. The molecule has 1 amide bonds. The van der Waals surface area contributed by atoms with Crippen LogP contribution in [0, 0.1) is 18.3 Å². The maximum absolute atomic E-state index is 12.5. The Morgan fingerprint density at radius 1 is 1.16 bits per heavy atom. The van der Waals surface area contributed by atoms with Crippen molar-refractivity contribution in [3.63, 3.8) is 0 Å². The molecular formula is C32H34N8O3S. The number of ether oxygens (including phenoxy) is 2. The van der Waals surface area contributed by atoms with Gasteiger partial charge in [0.05, 0.1) is 23.6 Å². The van der Waals surface area contributed by atoms with Gasteiger partial charge in [0.25, 0.3) is 0 Å². The molecule has 1 aromatic carbocycles. The number of benzene rings is 1. The van der Waals surface area contributed by atoms with Gasteiger partial charge in [-0.3, -0.25) is 4.40 Å². The van der Waals surface area contributed by atoms with E-state index in [0.29, 0.717) is 36.0 Å². The first kappa shape index (κ1) is 29.3. The Morgan fingerprint density at radius 3 is 2.64 bits per heavy atom. The predicted molar refractivity (Wildman–Crippen MR) is 166 cm³/mol. The minimum atomic E-state index is -0.528. The van der Waals surface area contributed by atoms with Gasteiger partial charge in [-0.25, -0.2) is 14.5 Å². The van der Waals surface area contributed by atoms with Crippen LogP contribution in [0.1, 0.15) is 69.6 Å². The third-order valence-electron chi connectivity index (χ3n) is 7.76. The molecule has 5 aromatic rings.